The van der Waals surface area contributed by atoms with Crippen molar-refractivity contribution >= 4 is 11.0 Å². The Kier molecular flexibility index (Phi) is 4.55. The van der Waals surface area contributed by atoms with Crippen LogP contribution in [0, 0.1) is 13.8 Å². The van der Waals surface area contributed by atoms with Gasteiger partial charge in [-0.15, -0.1) is 0 Å². The van der Waals surface area contributed by atoms with Crippen LogP contribution < -0.4 is 4.74 Å². The van der Waals surface area contributed by atoms with Crippen LogP contribution in [0.3, 0.4) is 0 Å². The molecule has 0 bridgehead atoms. The Morgan fingerprint density at radius 2 is 1.64 bits per heavy atom. The summed E-state index contributed by atoms with van der Waals surface area (Å²) in [6.07, 6.45) is -2.62. The summed E-state index contributed by atoms with van der Waals surface area (Å²) in [4.78, 5) is 4.69. The quantitative estimate of drug-likeness (QED) is 0.460. The van der Waals surface area contributed by atoms with E-state index >= 15 is 0 Å². The van der Waals surface area contributed by atoms with E-state index in [0.717, 1.165) is 16.8 Å². The number of pyridine rings is 1. The van der Waals surface area contributed by atoms with Crippen LogP contribution in [0.5, 0.6) is 5.75 Å². The molecule has 0 spiro atoms. The van der Waals surface area contributed by atoms with E-state index in [2.05, 4.69) is 5.10 Å². The molecule has 0 atom stereocenters. The van der Waals surface area contributed by atoms with Gasteiger partial charge in [-0.05, 0) is 44.2 Å². The van der Waals surface area contributed by atoms with Gasteiger partial charge in [0.25, 0.3) is 6.43 Å². The van der Waals surface area contributed by atoms with Crippen LogP contribution in [0.15, 0.2) is 54.6 Å². The summed E-state index contributed by atoms with van der Waals surface area (Å²) in [5, 5.41) is 4.88. The maximum Gasteiger partial charge on any atom is 0.264 e. The van der Waals surface area contributed by atoms with Gasteiger partial charge in [-0.1, -0.05) is 29.8 Å². The Morgan fingerprint density at radius 3 is 2.25 bits per heavy atom. The molecule has 0 aliphatic heterocycles. The molecule has 4 nitrogen and oxygen atoms in total. The van der Waals surface area contributed by atoms with E-state index in [0.29, 0.717) is 28.2 Å². The lowest BCUT2D eigenvalue weighted by Gasteiger charge is -2.09. The van der Waals surface area contributed by atoms with Gasteiger partial charge in [-0.25, -0.2) is 18.4 Å². The third-order valence-corrected chi connectivity index (χ3v) is 4.74. The highest BCUT2D eigenvalue weighted by molar-refractivity contribution is 5.86. The Labute approximate surface area is 161 Å². The average Bonchev–Trinajstić information content (AvgIpc) is 3.04. The lowest BCUT2D eigenvalue weighted by molar-refractivity contribution is 0.153. The predicted octanol–water partition coefficient (Wildman–Crippen LogP) is 5.65. The van der Waals surface area contributed by atoms with Crippen LogP contribution in [0.1, 0.15) is 23.2 Å². The van der Waals surface area contributed by atoms with Gasteiger partial charge in [0.15, 0.2) is 5.65 Å². The van der Waals surface area contributed by atoms with Crippen LogP contribution in [-0.2, 0) is 0 Å². The number of alkyl halides is 2. The molecule has 0 aliphatic carbocycles. The van der Waals surface area contributed by atoms with E-state index in [-0.39, 0.29) is 5.56 Å². The summed E-state index contributed by atoms with van der Waals surface area (Å²) in [6, 6.07) is 16.4. The average molecular weight is 379 g/mol. The number of hydrogen-bond donors (Lipinski definition) is 0. The molecule has 2 aromatic carbocycles. The first-order valence-corrected chi connectivity index (χ1v) is 8.88. The molecule has 0 fully saturated rings. The first kappa shape index (κ1) is 18.1. The highest BCUT2D eigenvalue weighted by atomic mass is 19.3. The number of aromatic nitrogens is 3. The minimum Gasteiger partial charge on any atom is -0.497 e. The molecule has 6 heteroatoms. The fraction of sp³-hybridized carbons (Fsp3) is 0.182. The van der Waals surface area contributed by atoms with Gasteiger partial charge in [0.05, 0.1) is 29.6 Å². The maximum atomic E-state index is 13.9. The molecule has 4 aromatic rings. The molecule has 0 saturated heterocycles. The minimum absolute atomic E-state index is 0.0576. The lowest BCUT2D eigenvalue weighted by Crippen LogP contribution is -2.00. The number of rotatable bonds is 4. The van der Waals surface area contributed by atoms with Gasteiger partial charge < -0.3 is 4.74 Å². The van der Waals surface area contributed by atoms with Crippen molar-refractivity contribution in [3.05, 3.63) is 71.4 Å². The predicted molar refractivity (Wildman–Crippen MR) is 105 cm³/mol. The number of hydrogen-bond acceptors (Lipinski definition) is 3. The van der Waals surface area contributed by atoms with Crippen molar-refractivity contribution in [2.75, 3.05) is 7.11 Å². The van der Waals surface area contributed by atoms with Gasteiger partial charge >= 0.3 is 0 Å². The zero-order chi connectivity index (χ0) is 19.8. The number of benzene rings is 2. The van der Waals surface area contributed by atoms with Crippen molar-refractivity contribution in [2.45, 2.75) is 20.3 Å². The number of halogens is 2. The molecule has 0 radical (unpaired) electrons. The summed E-state index contributed by atoms with van der Waals surface area (Å²) in [7, 11) is 1.59. The Morgan fingerprint density at radius 1 is 0.964 bits per heavy atom. The van der Waals surface area contributed by atoms with Crippen molar-refractivity contribution in [1.29, 1.82) is 0 Å². The van der Waals surface area contributed by atoms with E-state index in [1.807, 2.05) is 43.3 Å². The Bertz CT molecular complexity index is 1130. The van der Waals surface area contributed by atoms with Gasteiger partial charge in [-0.3, -0.25) is 0 Å². The molecule has 4 rings (SSSR count). The molecule has 2 aromatic heterocycles. The van der Waals surface area contributed by atoms with E-state index in [1.54, 1.807) is 30.8 Å². The van der Waals surface area contributed by atoms with Gasteiger partial charge in [0.1, 0.15) is 5.75 Å². The van der Waals surface area contributed by atoms with E-state index in [9.17, 15) is 8.78 Å². The van der Waals surface area contributed by atoms with Gasteiger partial charge in [-0.2, -0.15) is 5.10 Å². The van der Waals surface area contributed by atoms with Gasteiger partial charge in [0, 0.05) is 11.1 Å². The highest BCUT2D eigenvalue weighted by Crippen LogP contribution is 2.34. The third-order valence-electron chi connectivity index (χ3n) is 4.74. The number of methoxy groups -OCH3 is 1. The maximum absolute atomic E-state index is 13.9. The molecular formula is C22H19F2N3O. The molecule has 0 saturated carbocycles. The normalized spacial score (nSPS) is 11.4. The van der Waals surface area contributed by atoms with Crippen LogP contribution in [0.2, 0.25) is 0 Å². The Balaban J connectivity index is 1.97. The largest absolute Gasteiger partial charge is 0.497 e. The van der Waals surface area contributed by atoms with Crippen LogP contribution >= 0.6 is 0 Å². The Hall–Kier alpha value is -3.28. The topological polar surface area (TPSA) is 39.9 Å². The van der Waals surface area contributed by atoms with Crippen molar-refractivity contribution in [1.82, 2.24) is 14.8 Å². The smallest absolute Gasteiger partial charge is 0.264 e. The van der Waals surface area contributed by atoms with Gasteiger partial charge in [0.2, 0.25) is 0 Å². The van der Waals surface area contributed by atoms with E-state index in [4.69, 9.17) is 9.72 Å². The molecule has 28 heavy (non-hydrogen) atoms. The van der Waals surface area contributed by atoms with Crippen LogP contribution in [0.25, 0.3) is 28.0 Å². The van der Waals surface area contributed by atoms with Crippen molar-refractivity contribution in [3.63, 3.8) is 0 Å². The molecular weight excluding hydrogens is 360 g/mol. The van der Waals surface area contributed by atoms with Crippen molar-refractivity contribution in [3.8, 4) is 22.7 Å². The summed E-state index contributed by atoms with van der Waals surface area (Å²) < 4.78 is 34.5. The summed E-state index contributed by atoms with van der Waals surface area (Å²) >= 11 is 0. The van der Waals surface area contributed by atoms with Crippen LogP contribution in [0.4, 0.5) is 8.78 Å². The standard InChI is InChI=1S/C22H19F2N3O/c1-13-4-6-15(7-5-13)19-12-18(21(23)24)20-14(2)26-27(22(20)25-19)16-8-10-17(28-3)11-9-16/h4-12,21H,1-3H3. The van der Waals surface area contributed by atoms with Crippen molar-refractivity contribution in [2.24, 2.45) is 0 Å². The monoisotopic (exact) mass is 379 g/mol. The second kappa shape index (κ2) is 7.03. The first-order chi connectivity index (χ1) is 13.5. The van der Waals surface area contributed by atoms with Crippen molar-refractivity contribution < 1.29 is 13.5 Å². The molecule has 0 N–H and O–H groups in total. The second-order valence-electron chi connectivity index (χ2n) is 6.66. The van der Waals surface area contributed by atoms with Crippen LogP contribution in [-0.4, -0.2) is 21.9 Å². The highest BCUT2D eigenvalue weighted by Gasteiger charge is 2.21. The first-order valence-electron chi connectivity index (χ1n) is 8.88. The minimum atomic E-state index is -2.62. The van der Waals surface area contributed by atoms with E-state index in [1.165, 1.54) is 6.07 Å². The SMILES string of the molecule is COc1ccc(-n2nc(C)c3c(C(F)F)cc(-c4ccc(C)cc4)nc32)cc1. The number of ether oxygens (including phenoxy) is 1. The second-order valence-corrected chi connectivity index (χ2v) is 6.66. The molecule has 0 aliphatic rings. The lowest BCUT2D eigenvalue weighted by atomic mass is 10.0. The van der Waals surface area contributed by atoms with E-state index < -0.39 is 6.43 Å². The number of fused-ring (bicyclic) bond motifs is 1. The summed E-state index contributed by atoms with van der Waals surface area (Å²) in [6.45, 7) is 3.70. The molecule has 2 heterocycles. The zero-order valence-corrected chi connectivity index (χ0v) is 15.8. The summed E-state index contributed by atoms with van der Waals surface area (Å²) in [5.41, 5.74) is 3.98. The number of aryl methyl sites for hydroxylation is 2. The molecule has 142 valence electrons. The fourth-order valence-electron chi connectivity index (χ4n) is 3.27. The molecule has 0 unspecified atom stereocenters. The number of nitrogens with zero attached hydrogens (tertiary/aromatic N) is 3. The third kappa shape index (κ3) is 3.11. The zero-order valence-electron chi connectivity index (χ0n) is 15.8. The fourth-order valence-corrected chi connectivity index (χ4v) is 3.27. The summed E-state index contributed by atoms with van der Waals surface area (Å²) in [5.74, 6) is 0.707. The molecule has 0 amide bonds.